The Morgan fingerprint density at radius 2 is 2.06 bits per heavy atom. The quantitative estimate of drug-likeness (QED) is 0.267. The molecule has 1 rings (SSSR count). The molecule has 1 heterocycles. The van der Waals surface area contributed by atoms with E-state index in [4.69, 9.17) is 20.7 Å². The van der Waals surface area contributed by atoms with Crippen LogP contribution >= 0.6 is 0 Å². The molecular weight excluding hydrogens is 250 g/mol. The van der Waals surface area contributed by atoms with E-state index in [1.807, 2.05) is 0 Å². The Hall–Kier alpha value is -0.810. The molecule has 0 radical (unpaired) electrons. The number of aliphatic hydroxyl groups excluding tert-OH is 4. The third-order valence-corrected chi connectivity index (χ3v) is 2.89. The van der Waals surface area contributed by atoms with Crippen LogP contribution in [0.25, 0.3) is 0 Å². The van der Waals surface area contributed by atoms with Crippen molar-refractivity contribution in [1.29, 1.82) is 0 Å². The number of carboxylic acid groups (broad SMARTS) is 1. The Bertz CT molecular complexity index is 313. The van der Waals surface area contributed by atoms with Crippen molar-refractivity contribution >= 4 is 5.97 Å². The van der Waals surface area contributed by atoms with Gasteiger partial charge in [-0.05, 0) is 0 Å². The predicted molar refractivity (Wildman–Crippen MR) is 55.2 cm³/mol. The lowest BCUT2D eigenvalue weighted by Crippen LogP contribution is -2.65. The molecule has 0 aromatic heterocycles. The number of carbonyl (C=O) groups is 1. The van der Waals surface area contributed by atoms with Gasteiger partial charge in [-0.1, -0.05) is 0 Å². The van der Waals surface area contributed by atoms with Gasteiger partial charge in [0.1, 0.15) is 18.3 Å². The van der Waals surface area contributed by atoms with E-state index in [9.17, 15) is 25.2 Å². The van der Waals surface area contributed by atoms with Crippen molar-refractivity contribution in [1.82, 2.24) is 0 Å². The van der Waals surface area contributed by atoms with Gasteiger partial charge in [-0.3, -0.25) is 0 Å². The van der Waals surface area contributed by atoms with Crippen LogP contribution in [0.2, 0.25) is 0 Å². The topological polar surface area (TPSA) is 174 Å². The smallest absolute Gasteiger partial charge is 0.364 e. The van der Waals surface area contributed by atoms with E-state index in [0.29, 0.717) is 0 Å². The maximum absolute atomic E-state index is 10.8. The van der Waals surface area contributed by atoms with Gasteiger partial charge in [0.2, 0.25) is 0 Å². The summed E-state index contributed by atoms with van der Waals surface area (Å²) in [5.74, 6) is -4.44. The second-order valence-corrected chi connectivity index (χ2v) is 4.26. The highest BCUT2D eigenvalue weighted by Gasteiger charge is 2.52. The molecular formula is C9H17NO8. The normalized spacial score (nSPS) is 40.2. The van der Waals surface area contributed by atoms with Gasteiger partial charge >= 0.3 is 5.97 Å². The van der Waals surface area contributed by atoms with E-state index >= 15 is 0 Å². The lowest BCUT2D eigenvalue weighted by molar-refractivity contribution is -0.292. The zero-order valence-electron chi connectivity index (χ0n) is 9.38. The molecule has 0 saturated carbocycles. The first kappa shape index (κ1) is 15.2. The van der Waals surface area contributed by atoms with Gasteiger partial charge in [0.05, 0.1) is 18.8 Å². The number of aliphatic hydroxyl groups is 5. The minimum atomic E-state index is -2.70. The van der Waals surface area contributed by atoms with Crippen molar-refractivity contribution in [3.8, 4) is 0 Å². The summed E-state index contributed by atoms with van der Waals surface area (Å²) in [5, 5.41) is 55.5. The van der Waals surface area contributed by atoms with Crippen molar-refractivity contribution in [2.45, 2.75) is 42.7 Å². The summed E-state index contributed by atoms with van der Waals surface area (Å²) >= 11 is 0. The van der Waals surface area contributed by atoms with Gasteiger partial charge in [-0.15, -0.1) is 0 Å². The Kier molecular flexibility index (Phi) is 4.61. The number of hydrogen-bond donors (Lipinski definition) is 7. The molecule has 0 aromatic carbocycles. The fourth-order valence-electron chi connectivity index (χ4n) is 1.75. The van der Waals surface area contributed by atoms with Gasteiger partial charge in [0.15, 0.2) is 0 Å². The zero-order chi connectivity index (χ0) is 14.1. The third-order valence-electron chi connectivity index (χ3n) is 2.89. The summed E-state index contributed by atoms with van der Waals surface area (Å²) in [5.41, 5.74) is 5.51. The fraction of sp³-hybridized carbons (Fsp3) is 0.889. The van der Waals surface area contributed by atoms with Crippen LogP contribution in [0.3, 0.4) is 0 Å². The van der Waals surface area contributed by atoms with Crippen molar-refractivity contribution in [2.24, 2.45) is 5.73 Å². The molecule has 9 heteroatoms. The molecule has 0 amide bonds. The lowest BCUT2D eigenvalue weighted by atomic mass is 9.89. The SMILES string of the molecule is N[C@@H]1C(O)CC(O)(C(=O)O)OC1[C@H](O)[C@H](O)CO. The molecule has 1 aliphatic rings. The molecule has 9 nitrogen and oxygen atoms in total. The number of nitrogens with two attached hydrogens (primary N) is 1. The summed E-state index contributed by atoms with van der Waals surface area (Å²) in [6, 6.07) is -1.21. The maximum atomic E-state index is 10.8. The van der Waals surface area contributed by atoms with Crippen LogP contribution in [0.5, 0.6) is 0 Å². The molecule has 106 valence electrons. The van der Waals surface area contributed by atoms with E-state index in [-0.39, 0.29) is 0 Å². The molecule has 0 aliphatic carbocycles. The van der Waals surface area contributed by atoms with Crippen LogP contribution in [0.15, 0.2) is 0 Å². The van der Waals surface area contributed by atoms with E-state index in [0.717, 1.165) is 0 Å². The number of rotatable bonds is 4. The van der Waals surface area contributed by atoms with E-state index in [2.05, 4.69) is 0 Å². The number of ether oxygens (including phenoxy) is 1. The van der Waals surface area contributed by atoms with Crippen LogP contribution in [0, 0.1) is 0 Å². The van der Waals surface area contributed by atoms with Crippen LogP contribution in [0.1, 0.15) is 6.42 Å². The number of carboxylic acids is 1. The average Bonchev–Trinajstić information content (AvgIpc) is 2.31. The summed E-state index contributed by atoms with van der Waals surface area (Å²) < 4.78 is 4.75. The Balaban J connectivity index is 2.92. The fourth-order valence-corrected chi connectivity index (χ4v) is 1.75. The molecule has 0 bridgehead atoms. The molecule has 1 aliphatic heterocycles. The largest absolute Gasteiger partial charge is 0.477 e. The first-order chi connectivity index (χ1) is 8.23. The van der Waals surface area contributed by atoms with Crippen LogP contribution < -0.4 is 5.73 Å². The number of aliphatic carboxylic acids is 1. The van der Waals surface area contributed by atoms with Gasteiger partial charge in [0, 0.05) is 6.42 Å². The summed E-state index contributed by atoms with van der Waals surface area (Å²) in [6.07, 6.45) is -7.01. The molecule has 8 N–H and O–H groups in total. The molecule has 3 unspecified atom stereocenters. The lowest BCUT2D eigenvalue weighted by Gasteiger charge is -2.43. The summed E-state index contributed by atoms with van der Waals surface area (Å²) in [7, 11) is 0. The van der Waals surface area contributed by atoms with Gasteiger partial charge in [-0.25, -0.2) is 4.79 Å². The van der Waals surface area contributed by atoms with Gasteiger partial charge in [-0.2, -0.15) is 0 Å². The van der Waals surface area contributed by atoms with E-state index < -0.39 is 55.2 Å². The Morgan fingerprint density at radius 3 is 2.50 bits per heavy atom. The Labute approximate surface area is 102 Å². The maximum Gasteiger partial charge on any atom is 0.364 e. The van der Waals surface area contributed by atoms with Crippen molar-refractivity contribution < 1.29 is 40.2 Å². The van der Waals surface area contributed by atoms with Crippen molar-refractivity contribution in [3.05, 3.63) is 0 Å². The van der Waals surface area contributed by atoms with Crippen LogP contribution in [-0.2, 0) is 9.53 Å². The molecule has 0 aromatic rings. The van der Waals surface area contributed by atoms with Crippen molar-refractivity contribution in [3.63, 3.8) is 0 Å². The first-order valence-corrected chi connectivity index (χ1v) is 5.27. The standard InChI is InChI=1S/C9H17NO8/c10-5-3(12)1-9(17,8(15)16)18-7(5)6(14)4(13)2-11/h3-7,11-14,17H,1-2,10H2,(H,15,16)/t3?,4-,5-,6-,7?,9?/m1/s1. The minimum absolute atomic E-state index is 0.665. The van der Waals surface area contributed by atoms with E-state index in [1.54, 1.807) is 0 Å². The van der Waals surface area contributed by atoms with Crippen LogP contribution in [0.4, 0.5) is 0 Å². The zero-order valence-corrected chi connectivity index (χ0v) is 9.38. The van der Waals surface area contributed by atoms with Gasteiger partial charge < -0.3 is 41.1 Å². The summed E-state index contributed by atoms with van der Waals surface area (Å²) in [6.45, 7) is -0.810. The monoisotopic (exact) mass is 267 g/mol. The highest BCUT2D eigenvalue weighted by Crippen LogP contribution is 2.29. The molecule has 1 saturated heterocycles. The predicted octanol–water partition coefficient (Wildman–Crippen LogP) is -4.05. The Morgan fingerprint density at radius 1 is 1.50 bits per heavy atom. The second kappa shape index (κ2) is 5.45. The third kappa shape index (κ3) is 2.78. The average molecular weight is 267 g/mol. The van der Waals surface area contributed by atoms with Gasteiger partial charge in [0.25, 0.3) is 5.79 Å². The van der Waals surface area contributed by atoms with Crippen LogP contribution in [-0.4, -0.2) is 79.5 Å². The molecule has 1 fully saturated rings. The number of hydrogen-bond acceptors (Lipinski definition) is 8. The summed E-state index contributed by atoms with van der Waals surface area (Å²) in [4.78, 5) is 10.8. The van der Waals surface area contributed by atoms with Crippen molar-refractivity contribution in [2.75, 3.05) is 6.61 Å². The minimum Gasteiger partial charge on any atom is -0.477 e. The second-order valence-electron chi connectivity index (χ2n) is 4.26. The molecule has 18 heavy (non-hydrogen) atoms. The molecule has 6 atom stereocenters. The van der Waals surface area contributed by atoms with E-state index in [1.165, 1.54) is 0 Å². The highest BCUT2D eigenvalue weighted by atomic mass is 16.7. The highest BCUT2D eigenvalue weighted by molar-refractivity contribution is 5.75. The first-order valence-electron chi connectivity index (χ1n) is 5.27. The molecule has 0 spiro atoms.